The molecule has 4 N–H and O–H groups in total. The lowest BCUT2D eigenvalue weighted by Gasteiger charge is -2.26. The lowest BCUT2D eigenvalue weighted by Crippen LogP contribution is -2.49. The van der Waals surface area contributed by atoms with E-state index in [1.807, 2.05) is 0 Å². The summed E-state index contributed by atoms with van der Waals surface area (Å²) >= 11 is 0. The molecule has 1 fully saturated rings. The Kier molecular flexibility index (Phi) is 4.13. The summed E-state index contributed by atoms with van der Waals surface area (Å²) < 4.78 is 0. The zero-order valence-corrected chi connectivity index (χ0v) is 8.94. The minimum atomic E-state index is -1.28. The van der Waals surface area contributed by atoms with Crippen LogP contribution in [0, 0.1) is 5.92 Å². The van der Waals surface area contributed by atoms with Crippen molar-refractivity contribution in [3.05, 3.63) is 0 Å². The van der Waals surface area contributed by atoms with Gasteiger partial charge in [0.05, 0.1) is 0 Å². The van der Waals surface area contributed by atoms with Gasteiger partial charge >= 0.3 is 13.1 Å². The molecule has 0 saturated carbocycles. The third-order valence-electron chi connectivity index (χ3n) is 3.26. The van der Waals surface area contributed by atoms with Gasteiger partial charge in [-0.15, -0.1) is 0 Å². The number of carbonyl (C=O) groups is 1. The summed E-state index contributed by atoms with van der Waals surface area (Å²) in [6.07, 6.45) is 2.51. The Morgan fingerprint density at radius 3 is 2.80 bits per heavy atom. The van der Waals surface area contributed by atoms with Crippen molar-refractivity contribution in [3.63, 3.8) is 0 Å². The second-order valence-corrected chi connectivity index (χ2v) is 4.33. The van der Waals surface area contributed by atoms with Gasteiger partial charge in [0.25, 0.3) is 0 Å². The largest absolute Gasteiger partial charge is 0.480 e. The van der Waals surface area contributed by atoms with Crippen molar-refractivity contribution in [1.29, 1.82) is 0 Å². The molecule has 6 heteroatoms. The smallest absolute Gasteiger partial charge is 0.451 e. The van der Waals surface area contributed by atoms with Crippen LogP contribution >= 0.6 is 0 Å². The van der Waals surface area contributed by atoms with E-state index in [2.05, 4.69) is 5.32 Å². The summed E-state index contributed by atoms with van der Waals surface area (Å²) in [5.74, 6) is -0.747. The number of carboxylic acid groups (broad SMARTS) is 1. The van der Waals surface area contributed by atoms with Gasteiger partial charge in [0.15, 0.2) is 0 Å². The molecule has 2 atom stereocenters. The van der Waals surface area contributed by atoms with Crippen molar-refractivity contribution < 1.29 is 19.9 Å². The van der Waals surface area contributed by atoms with Crippen LogP contribution in [0.3, 0.4) is 0 Å². The fraction of sp³-hybridized carbons (Fsp3) is 0.889. The first-order valence-corrected chi connectivity index (χ1v) is 5.31. The molecule has 0 amide bonds. The molecule has 0 radical (unpaired) electrons. The van der Waals surface area contributed by atoms with Gasteiger partial charge in [0, 0.05) is 0 Å². The predicted octanol–water partition coefficient (Wildman–Crippen LogP) is -0.308. The van der Waals surface area contributed by atoms with Crippen LogP contribution in [0.4, 0.5) is 0 Å². The first-order valence-electron chi connectivity index (χ1n) is 5.31. The Morgan fingerprint density at radius 1 is 1.60 bits per heavy atom. The number of hydrogen-bond donors (Lipinski definition) is 4. The normalized spacial score (nSPS) is 30.5. The van der Waals surface area contributed by atoms with Crippen LogP contribution in [0.15, 0.2) is 0 Å². The maximum Gasteiger partial charge on any atom is 0.451 e. The molecule has 1 saturated heterocycles. The van der Waals surface area contributed by atoms with E-state index in [-0.39, 0.29) is 5.92 Å². The molecule has 0 spiro atoms. The monoisotopic (exact) mass is 215 g/mol. The minimum absolute atomic E-state index is 0.0775. The quantitative estimate of drug-likeness (QED) is 0.472. The number of aliphatic carboxylic acids is 1. The zero-order chi connectivity index (χ0) is 11.5. The molecule has 1 aliphatic rings. The molecule has 0 aromatic rings. The Hall–Kier alpha value is -0.585. The molecule has 1 rings (SSSR count). The molecule has 15 heavy (non-hydrogen) atoms. The molecule has 0 aromatic heterocycles. The molecule has 0 aliphatic carbocycles. The summed E-state index contributed by atoms with van der Waals surface area (Å²) in [5.41, 5.74) is -0.847. The fourth-order valence-electron chi connectivity index (χ4n) is 2.17. The third kappa shape index (κ3) is 2.93. The van der Waals surface area contributed by atoms with Gasteiger partial charge in [0.2, 0.25) is 0 Å². The van der Waals surface area contributed by atoms with Crippen molar-refractivity contribution in [2.75, 3.05) is 6.54 Å². The number of hydrogen-bond acceptors (Lipinski definition) is 4. The lowest BCUT2D eigenvalue weighted by atomic mass is 9.78. The Labute approximate surface area is 89.6 Å². The molecule has 0 unspecified atom stereocenters. The van der Waals surface area contributed by atoms with E-state index in [1.54, 1.807) is 6.92 Å². The van der Waals surface area contributed by atoms with Crippen LogP contribution in [0.2, 0.25) is 6.32 Å². The average molecular weight is 215 g/mol. The molecule has 86 valence electrons. The highest BCUT2D eigenvalue weighted by Gasteiger charge is 2.44. The van der Waals surface area contributed by atoms with Crippen LogP contribution in [0.25, 0.3) is 0 Å². The van der Waals surface area contributed by atoms with E-state index in [4.69, 9.17) is 15.2 Å². The molecule has 1 aliphatic heterocycles. The topological polar surface area (TPSA) is 89.8 Å². The molecule has 0 aromatic carbocycles. The third-order valence-corrected chi connectivity index (χ3v) is 3.26. The first kappa shape index (κ1) is 12.5. The summed E-state index contributed by atoms with van der Waals surface area (Å²) in [6, 6.07) is 0. The highest BCUT2D eigenvalue weighted by molar-refractivity contribution is 6.40. The summed E-state index contributed by atoms with van der Waals surface area (Å²) in [4.78, 5) is 11.1. The average Bonchev–Trinajstić information content (AvgIpc) is 2.49. The summed E-state index contributed by atoms with van der Waals surface area (Å²) in [5, 5.41) is 29.5. The molecular weight excluding hydrogens is 197 g/mol. The van der Waals surface area contributed by atoms with Gasteiger partial charge in [-0.25, -0.2) is 0 Å². The van der Waals surface area contributed by atoms with Gasteiger partial charge in [-0.2, -0.15) is 0 Å². The maximum absolute atomic E-state index is 11.1. The van der Waals surface area contributed by atoms with Crippen LogP contribution in [0.5, 0.6) is 0 Å². The Morgan fingerprint density at radius 2 is 2.27 bits per heavy atom. The highest BCUT2D eigenvalue weighted by atomic mass is 16.4. The number of rotatable bonds is 5. The zero-order valence-electron chi connectivity index (χ0n) is 8.94. The lowest BCUT2D eigenvalue weighted by molar-refractivity contribution is -0.145. The van der Waals surface area contributed by atoms with Crippen LogP contribution < -0.4 is 5.32 Å². The van der Waals surface area contributed by atoms with Crippen LogP contribution in [0.1, 0.15) is 26.2 Å². The summed E-state index contributed by atoms with van der Waals surface area (Å²) in [6.45, 7) is 2.41. The SMILES string of the molecule is C[C@@]1(C(=O)O)NCC[C@H]1CCCB(O)O. The summed E-state index contributed by atoms with van der Waals surface area (Å²) in [7, 11) is -1.28. The van der Waals surface area contributed by atoms with E-state index in [9.17, 15) is 4.79 Å². The molecule has 1 heterocycles. The number of nitrogens with one attached hydrogen (secondary N) is 1. The van der Waals surface area contributed by atoms with E-state index in [0.29, 0.717) is 19.2 Å². The van der Waals surface area contributed by atoms with E-state index in [0.717, 1.165) is 13.0 Å². The van der Waals surface area contributed by atoms with Crippen LogP contribution in [-0.2, 0) is 4.79 Å². The highest BCUT2D eigenvalue weighted by Crippen LogP contribution is 2.31. The molecule has 0 bridgehead atoms. The molecule has 5 nitrogen and oxygen atoms in total. The van der Waals surface area contributed by atoms with Gasteiger partial charge in [0.1, 0.15) is 5.54 Å². The van der Waals surface area contributed by atoms with Crippen LogP contribution in [-0.4, -0.2) is 40.3 Å². The van der Waals surface area contributed by atoms with Crippen molar-refractivity contribution >= 4 is 13.1 Å². The van der Waals surface area contributed by atoms with Crippen molar-refractivity contribution in [2.45, 2.75) is 38.0 Å². The van der Waals surface area contributed by atoms with Gasteiger partial charge in [-0.05, 0) is 38.5 Å². The minimum Gasteiger partial charge on any atom is -0.480 e. The van der Waals surface area contributed by atoms with E-state index >= 15 is 0 Å². The van der Waals surface area contributed by atoms with E-state index in [1.165, 1.54) is 0 Å². The van der Waals surface area contributed by atoms with E-state index < -0.39 is 18.6 Å². The Balaban J connectivity index is 2.43. The first-order chi connectivity index (χ1) is 6.97. The second kappa shape index (κ2) is 4.96. The van der Waals surface area contributed by atoms with Crippen molar-refractivity contribution in [1.82, 2.24) is 5.32 Å². The van der Waals surface area contributed by atoms with Crippen molar-refractivity contribution in [3.8, 4) is 0 Å². The van der Waals surface area contributed by atoms with Gasteiger partial charge < -0.3 is 20.5 Å². The molecular formula is C9H18BNO4. The van der Waals surface area contributed by atoms with Gasteiger partial charge in [-0.3, -0.25) is 4.79 Å². The standard InChI is InChI=1S/C9H18BNO4/c1-9(8(12)13)7(4-6-11-9)3-2-5-10(14)15/h7,11,14-15H,2-6H2,1H3,(H,12,13)/t7-,9-/m1/s1. The predicted molar refractivity (Wildman–Crippen MR) is 56.4 cm³/mol. The van der Waals surface area contributed by atoms with Gasteiger partial charge in [-0.1, -0.05) is 6.42 Å². The Bertz CT molecular complexity index is 236. The van der Waals surface area contributed by atoms with Crippen molar-refractivity contribution in [2.24, 2.45) is 5.92 Å². The second-order valence-electron chi connectivity index (χ2n) is 4.33. The fourth-order valence-corrected chi connectivity index (χ4v) is 2.17. The maximum atomic E-state index is 11.1. The number of carboxylic acids is 1.